The Labute approximate surface area is 108 Å². The maximum absolute atomic E-state index is 13.7. The SMILES string of the molecule is CCCOC(F)(F)C(F)(F)C(F)(F)[Si](C)(OC)OC. The van der Waals surface area contributed by atoms with E-state index in [1.165, 1.54) is 6.92 Å². The number of rotatable bonds is 8. The Kier molecular flexibility index (Phi) is 5.88. The van der Waals surface area contributed by atoms with E-state index >= 15 is 0 Å². The summed E-state index contributed by atoms with van der Waals surface area (Å²) in [5.41, 5.74) is -5.18. The summed E-state index contributed by atoms with van der Waals surface area (Å²) < 4.78 is 92.5. The molecule has 0 rings (SSSR count). The third-order valence-corrected chi connectivity index (χ3v) is 5.61. The van der Waals surface area contributed by atoms with Crippen LogP contribution in [0.1, 0.15) is 13.3 Å². The minimum Gasteiger partial charge on any atom is -0.394 e. The highest BCUT2D eigenvalue weighted by molar-refractivity contribution is 6.68. The minimum atomic E-state index is -5.75. The molecule has 0 aliphatic rings. The molecule has 0 radical (unpaired) electrons. The second-order valence-corrected chi connectivity index (χ2v) is 7.20. The van der Waals surface area contributed by atoms with E-state index in [4.69, 9.17) is 0 Å². The van der Waals surface area contributed by atoms with E-state index in [0.29, 0.717) is 20.8 Å². The van der Waals surface area contributed by atoms with Crippen LogP contribution in [-0.4, -0.2) is 47.0 Å². The van der Waals surface area contributed by atoms with Gasteiger partial charge in [-0.05, 0) is 13.0 Å². The second kappa shape index (κ2) is 5.98. The Hall–Kier alpha value is -0.323. The van der Waals surface area contributed by atoms with Crippen molar-refractivity contribution in [3.8, 4) is 0 Å². The molecule has 0 aromatic rings. The summed E-state index contributed by atoms with van der Waals surface area (Å²) in [7, 11) is -3.45. The zero-order valence-corrected chi connectivity index (χ0v) is 11.9. The monoisotopic (exact) mass is 314 g/mol. The van der Waals surface area contributed by atoms with Crippen LogP contribution in [0, 0.1) is 0 Å². The lowest BCUT2D eigenvalue weighted by Gasteiger charge is -2.38. The number of hydrogen-bond acceptors (Lipinski definition) is 3. The maximum Gasteiger partial charge on any atom is 0.425 e. The van der Waals surface area contributed by atoms with Gasteiger partial charge in [-0.2, -0.15) is 26.3 Å². The number of alkyl halides is 6. The van der Waals surface area contributed by atoms with Crippen molar-refractivity contribution in [3.63, 3.8) is 0 Å². The van der Waals surface area contributed by atoms with Crippen LogP contribution in [0.3, 0.4) is 0 Å². The molecule has 0 saturated heterocycles. The van der Waals surface area contributed by atoms with Crippen LogP contribution in [0.15, 0.2) is 0 Å². The van der Waals surface area contributed by atoms with Gasteiger partial charge in [0.25, 0.3) is 0 Å². The number of ether oxygens (including phenoxy) is 1. The van der Waals surface area contributed by atoms with E-state index in [9.17, 15) is 26.3 Å². The lowest BCUT2D eigenvalue weighted by molar-refractivity contribution is -0.387. The predicted octanol–water partition coefficient (Wildman–Crippen LogP) is 3.18. The standard InChI is InChI=1S/C9H16F6O3Si/c1-5-6-18-8(12,13)7(10,11)9(14,15)19(4,16-2)17-3/h5-6H2,1-4H3. The Balaban J connectivity index is 5.48. The lowest BCUT2D eigenvalue weighted by atomic mass is 10.3. The maximum atomic E-state index is 13.7. The molecule has 0 heterocycles. The van der Waals surface area contributed by atoms with Gasteiger partial charge in [-0.1, -0.05) is 6.92 Å². The molecule has 0 fully saturated rings. The van der Waals surface area contributed by atoms with Crippen LogP contribution < -0.4 is 0 Å². The number of hydrogen-bond donors (Lipinski definition) is 0. The highest BCUT2D eigenvalue weighted by Crippen LogP contribution is 2.50. The van der Waals surface area contributed by atoms with Crippen molar-refractivity contribution < 1.29 is 39.9 Å². The molecule has 0 spiro atoms. The molecular formula is C9H16F6O3Si. The van der Waals surface area contributed by atoms with E-state index in [1.54, 1.807) is 0 Å². The normalized spacial score (nSPS) is 14.8. The van der Waals surface area contributed by atoms with E-state index in [1.807, 2.05) is 0 Å². The molecule has 0 aromatic carbocycles. The highest BCUT2D eigenvalue weighted by atomic mass is 28.4. The van der Waals surface area contributed by atoms with E-state index < -0.39 is 32.7 Å². The molecule has 0 N–H and O–H groups in total. The lowest BCUT2D eigenvalue weighted by Crippen LogP contribution is -2.69. The van der Waals surface area contributed by atoms with E-state index in [2.05, 4.69) is 13.6 Å². The van der Waals surface area contributed by atoms with Crippen LogP contribution >= 0.6 is 0 Å². The van der Waals surface area contributed by atoms with Crippen molar-refractivity contribution in [1.82, 2.24) is 0 Å². The van der Waals surface area contributed by atoms with Crippen molar-refractivity contribution in [2.75, 3.05) is 20.8 Å². The minimum absolute atomic E-state index is 0.0273. The van der Waals surface area contributed by atoms with Crippen molar-refractivity contribution >= 4 is 8.56 Å². The van der Waals surface area contributed by atoms with E-state index in [0.717, 1.165) is 0 Å². The molecule has 19 heavy (non-hydrogen) atoms. The molecule has 0 aliphatic heterocycles. The van der Waals surface area contributed by atoms with Crippen LogP contribution in [0.5, 0.6) is 0 Å². The fraction of sp³-hybridized carbons (Fsp3) is 1.00. The summed E-state index contributed by atoms with van der Waals surface area (Å²) in [5.74, 6) is -5.75. The average Bonchev–Trinajstić information content (AvgIpc) is 2.34. The number of halogens is 6. The molecule has 10 heteroatoms. The average molecular weight is 314 g/mol. The summed E-state index contributed by atoms with van der Waals surface area (Å²) in [5, 5.41) is 0. The van der Waals surface area contributed by atoms with Gasteiger partial charge in [0.2, 0.25) is 0 Å². The zero-order chi connectivity index (χ0) is 15.5. The van der Waals surface area contributed by atoms with Crippen molar-refractivity contribution in [2.45, 2.75) is 37.5 Å². The van der Waals surface area contributed by atoms with Crippen LogP contribution in [0.2, 0.25) is 6.55 Å². The fourth-order valence-electron chi connectivity index (χ4n) is 1.13. The van der Waals surface area contributed by atoms with Crippen LogP contribution in [0.4, 0.5) is 26.3 Å². The first-order valence-electron chi connectivity index (χ1n) is 5.31. The van der Waals surface area contributed by atoms with Crippen molar-refractivity contribution in [3.05, 3.63) is 0 Å². The Morgan fingerprint density at radius 1 is 0.947 bits per heavy atom. The third-order valence-electron chi connectivity index (χ3n) is 2.60. The molecule has 0 amide bonds. The van der Waals surface area contributed by atoms with Crippen molar-refractivity contribution in [2.24, 2.45) is 0 Å². The Bertz CT molecular complexity index is 296. The van der Waals surface area contributed by atoms with Crippen molar-refractivity contribution in [1.29, 1.82) is 0 Å². The molecule has 0 saturated carbocycles. The zero-order valence-electron chi connectivity index (χ0n) is 10.9. The fourth-order valence-corrected chi connectivity index (χ4v) is 2.52. The van der Waals surface area contributed by atoms with Gasteiger partial charge < -0.3 is 13.6 Å². The molecule has 0 aromatic heterocycles. The highest BCUT2D eigenvalue weighted by Gasteiger charge is 2.81. The summed E-state index contributed by atoms with van der Waals surface area (Å²) >= 11 is 0. The second-order valence-electron chi connectivity index (χ2n) is 3.87. The molecule has 116 valence electrons. The molecule has 0 bridgehead atoms. The van der Waals surface area contributed by atoms with Crippen LogP contribution in [-0.2, 0) is 13.6 Å². The largest absolute Gasteiger partial charge is 0.425 e. The van der Waals surface area contributed by atoms with Gasteiger partial charge in [0.1, 0.15) is 0 Å². The molecule has 3 nitrogen and oxygen atoms in total. The summed E-state index contributed by atoms with van der Waals surface area (Å²) in [6, 6.07) is 0. The predicted molar refractivity (Wildman–Crippen MR) is 56.7 cm³/mol. The first kappa shape index (κ1) is 18.7. The Morgan fingerprint density at radius 2 is 1.37 bits per heavy atom. The van der Waals surface area contributed by atoms with Gasteiger partial charge in [-0.25, -0.2) is 0 Å². The smallest absolute Gasteiger partial charge is 0.394 e. The summed E-state index contributed by atoms with van der Waals surface area (Å²) in [6.45, 7) is 1.16. The quantitative estimate of drug-likeness (QED) is 0.509. The van der Waals surface area contributed by atoms with Crippen LogP contribution in [0.25, 0.3) is 0 Å². The molecule has 0 aliphatic carbocycles. The molecular weight excluding hydrogens is 298 g/mol. The van der Waals surface area contributed by atoms with Gasteiger partial charge in [-0.3, -0.25) is 0 Å². The van der Waals surface area contributed by atoms with Gasteiger partial charge in [0.15, 0.2) is 0 Å². The molecule has 0 atom stereocenters. The first-order valence-corrected chi connectivity index (χ1v) is 7.63. The van der Waals surface area contributed by atoms with Gasteiger partial charge in [-0.15, -0.1) is 0 Å². The van der Waals surface area contributed by atoms with E-state index in [-0.39, 0.29) is 6.42 Å². The Morgan fingerprint density at radius 3 is 1.68 bits per heavy atom. The molecule has 0 unspecified atom stereocenters. The van der Waals surface area contributed by atoms with Gasteiger partial charge in [0, 0.05) is 14.2 Å². The third kappa shape index (κ3) is 3.06. The van der Waals surface area contributed by atoms with Gasteiger partial charge >= 0.3 is 26.1 Å². The first-order chi connectivity index (χ1) is 8.43. The van der Waals surface area contributed by atoms with Gasteiger partial charge in [0.05, 0.1) is 6.61 Å². The summed E-state index contributed by atoms with van der Waals surface area (Å²) in [6.07, 6.45) is -5.35. The topological polar surface area (TPSA) is 27.7 Å². The summed E-state index contributed by atoms with van der Waals surface area (Å²) in [4.78, 5) is 0.